The molecule has 0 atom stereocenters. The van der Waals surface area contributed by atoms with E-state index in [0.29, 0.717) is 17.1 Å². The lowest BCUT2D eigenvalue weighted by molar-refractivity contribution is -0.385. The van der Waals surface area contributed by atoms with Crippen LogP contribution >= 0.6 is 11.6 Å². The third-order valence-corrected chi connectivity index (χ3v) is 2.23. The molecule has 0 fully saturated rings. The van der Waals surface area contributed by atoms with Crippen LogP contribution in [0, 0.1) is 10.1 Å². The molecule has 7 nitrogen and oxygen atoms in total. The van der Waals surface area contributed by atoms with Gasteiger partial charge in [-0.3, -0.25) is 10.1 Å². The number of aromatic nitrogens is 4. The van der Waals surface area contributed by atoms with Crippen LogP contribution in [0.5, 0.6) is 0 Å². The zero-order valence-corrected chi connectivity index (χ0v) is 9.55. The van der Waals surface area contributed by atoms with Gasteiger partial charge in [-0.15, -0.1) is 0 Å². The molecule has 0 aliphatic heterocycles. The molecule has 2 rings (SSSR count). The Morgan fingerprint density at radius 2 is 2.05 bits per heavy atom. The minimum Gasteiger partial charge on any atom is -0.258 e. The fourth-order valence-corrected chi connectivity index (χ4v) is 1.36. The van der Waals surface area contributed by atoms with Gasteiger partial charge in [0.1, 0.15) is 6.20 Å². The van der Waals surface area contributed by atoms with E-state index in [2.05, 4.69) is 15.1 Å². The first-order chi connectivity index (χ1) is 8.79. The Morgan fingerprint density at radius 3 is 2.58 bits per heavy atom. The molecule has 11 heteroatoms. The Kier molecular flexibility index (Phi) is 3.10. The van der Waals surface area contributed by atoms with Gasteiger partial charge in [-0.1, -0.05) is 0 Å². The molecular formula is C8H3ClF3N5O2. The van der Waals surface area contributed by atoms with Crippen molar-refractivity contribution >= 4 is 17.3 Å². The van der Waals surface area contributed by atoms with Gasteiger partial charge in [-0.2, -0.15) is 23.3 Å². The first-order valence-electron chi connectivity index (χ1n) is 4.58. The summed E-state index contributed by atoms with van der Waals surface area (Å²) >= 11 is 5.46. The molecule has 0 N–H and O–H groups in total. The maximum Gasteiger partial charge on any atom is 0.419 e. The molecule has 0 amide bonds. The molecular weight excluding hydrogens is 291 g/mol. The number of halogens is 4. The molecule has 0 aliphatic rings. The molecule has 0 bridgehead atoms. The third kappa shape index (κ3) is 2.62. The van der Waals surface area contributed by atoms with Crippen molar-refractivity contribution in [1.82, 2.24) is 19.7 Å². The van der Waals surface area contributed by atoms with Gasteiger partial charge in [0.15, 0.2) is 0 Å². The highest BCUT2D eigenvalue weighted by Crippen LogP contribution is 2.30. The van der Waals surface area contributed by atoms with Gasteiger partial charge in [-0.05, 0) is 11.6 Å². The second kappa shape index (κ2) is 4.46. The summed E-state index contributed by atoms with van der Waals surface area (Å²) in [4.78, 5) is 16.8. The summed E-state index contributed by atoms with van der Waals surface area (Å²) in [6.07, 6.45) is -2.71. The topological polar surface area (TPSA) is 86.7 Å². The second-order valence-electron chi connectivity index (χ2n) is 3.28. The van der Waals surface area contributed by atoms with Crippen LogP contribution in [0.3, 0.4) is 0 Å². The summed E-state index contributed by atoms with van der Waals surface area (Å²) in [5, 5.41) is 13.8. The van der Waals surface area contributed by atoms with Crippen LogP contribution in [0.2, 0.25) is 5.28 Å². The van der Waals surface area contributed by atoms with Crippen LogP contribution < -0.4 is 0 Å². The average molecular weight is 294 g/mol. The van der Waals surface area contributed by atoms with Gasteiger partial charge in [-0.25, -0.2) is 9.67 Å². The van der Waals surface area contributed by atoms with Crippen LogP contribution in [0.4, 0.5) is 18.9 Å². The zero-order chi connectivity index (χ0) is 14.2. The van der Waals surface area contributed by atoms with E-state index in [1.165, 1.54) is 0 Å². The van der Waals surface area contributed by atoms with Crippen molar-refractivity contribution < 1.29 is 18.1 Å². The van der Waals surface area contributed by atoms with Gasteiger partial charge in [0.2, 0.25) is 11.1 Å². The van der Waals surface area contributed by atoms with E-state index in [0.717, 1.165) is 6.20 Å². The fourth-order valence-electron chi connectivity index (χ4n) is 1.23. The van der Waals surface area contributed by atoms with Crippen LogP contribution in [0.15, 0.2) is 18.6 Å². The highest BCUT2D eigenvalue weighted by Gasteiger charge is 2.33. The summed E-state index contributed by atoms with van der Waals surface area (Å²) in [5.74, 6) is -0.444. The number of hydrogen-bond acceptors (Lipinski definition) is 5. The third-order valence-electron chi connectivity index (χ3n) is 2.04. The normalized spacial score (nSPS) is 11.6. The quantitative estimate of drug-likeness (QED) is 0.481. The number of rotatable bonds is 2. The molecule has 0 spiro atoms. The SMILES string of the molecule is O=[N+]([O-])c1cnc(Cl)nc1-n1cc(C(F)(F)F)cn1. The molecule has 0 radical (unpaired) electrons. The largest absolute Gasteiger partial charge is 0.419 e. The molecule has 0 unspecified atom stereocenters. The number of nitro groups is 1. The van der Waals surface area contributed by atoms with Gasteiger partial charge in [0.05, 0.1) is 16.7 Å². The van der Waals surface area contributed by atoms with E-state index in [1.807, 2.05) is 0 Å². The molecule has 0 saturated carbocycles. The van der Waals surface area contributed by atoms with Crippen molar-refractivity contribution in [2.45, 2.75) is 6.18 Å². The van der Waals surface area contributed by atoms with E-state index in [4.69, 9.17) is 11.6 Å². The summed E-state index contributed by atoms with van der Waals surface area (Å²) in [6.45, 7) is 0. The van der Waals surface area contributed by atoms with E-state index in [-0.39, 0.29) is 5.28 Å². The molecule has 2 heterocycles. The lowest BCUT2D eigenvalue weighted by Gasteiger charge is -2.02. The van der Waals surface area contributed by atoms with Crippen molar-refractivity contribution in [3.63, 3.8) is 0 Å². The monoisotopic (exact) mass is 293 g/mol. The summed E-state index contributed by atoms with van der Waals surface area (Å²) in [5.41, 5.74) is -1.67. The smallest absolute Gasteiger partial charge is 0.258 e. The highest BCUT2D eigenvalue weighted by atomic mass is 35.5. The predicted molar refractivity (Wildman–Crippen MR) is 55.8 cm³/mol. The molecule has 0 aliphatic carbocycles. The van der Waals surface area contributed by atoms with Crippen LogP contribution in [0.25, 0.3) is 5.82 Å². The Morgan fingerprint density at radius 1 is 1.37 bits per heavy atom. The van der Waals surface area contributed by atoms with Crippen molar-refractivity contribution in [1.29, 1.82) is 0 Å². The molecule has 19 heavy (non-hydrogen) atoms. The number of nitrogens with zero attached hydrogens (tertiary/aromatic N) is 5. The predicted octanol–water partition coefficient (Wildman–Crippen LogP) is 2.24. The van der Waals surface area contributed by atoms with Gasteiger partial charge in [0, 0.05) is 6.20 Å². The molecule has 0 aromatic carbocycles. The highest BCUT2D eigenvalue weighted by molar-refractivity contribution is 6.28. The van der Waals surface area contributed by atoms with Gasteiger partial charge in [0.25, 0.3) is 0 Å². The minimum atomic E-state index is -4.61. The molecule has 2 aromatic rings. The van der Waals surface area contributed by atoms with E-state index < -0.39 is 28.2 Å². The summed E-state index contributed by atoms with van der Waals surface area (Å²) in [7, 11) is 0. The first-order valence-corrected chi connectivity index (χ1v) is 4.96. The standard InChI is InChI=1S/C8H3ClF3N5O2/c9-7-13-2-5(17(18)19)6(15-7)16-3-4(1-14-16)8(10,11)12/h1-3H. The molecule has 100 valence electrons. The van der Waals surface area contributed by atoms with E-state index >= 15 is 0 Å². The van der Waals surface area contributed by atoms with Crippen LogP contribution in [-0.2, 0) is 6.18 Å². The summed E-state index contributed by atoms with van der Waals surface area (Å²) in [6, 6.07) is 0. The van der Waals surface area contributed by atoms with E-state index in [9.17, 15) is 23.3 Å². The lowest BCUT2D eigenvalue weighted by Crippen LogP contribution is -2.06. The summed E-state index contributed by atoms with van der Waals surface area (Å²) < 4.78 is 37.8. The zero-order valence-electron chi connectivity index (χ0n) is 8.80. The van der Waals surface area contributed by atoms with Crippen molar-refractivity contribution in [3.05, 3.63) is 39.6 Å². The van der Waals surface area contributed by atoms with Crippen molar-refractivity contribution in [2.75, 3.05) is 0 Å². The Balaban J connectivity index is 2.55. The van der Waals surface area contributed by atoms with E-state index in [1.54, 1.807) is 0 Å². The Hall–Kier alpha value is -2.23. The molecule has 2 aromatic heterocycles. The van der Waals surface area contributed by atoms with Crippen LogP contribution in [-0.4, -0.2) is 24.7 Å². The van der Waals surface area contributed by atoms with Gasteiger partial charge >= 0.3 is 11.9 Å². The minimum absolute atomic E-state index is 0.343. The van der Waals surface area contributed by atoms with Crippen molar-refractivity contribution in [3.8, 4) is 5.82 Å². The van der Waals surface area contributed by atoms with Gasteiger partial charge < -0.3 is 0 Å². The molecule has 0 saturated heterocycles. The fraction of sp³-hybridized carbons (Fsp3) is 0.125. The Labute approximate surface area is 107 Å². The van der Waals surface area contributed by atoms with Crippen LogP contribution in [0.1, 0.15) is 5.56 Å². The van der Waals surface area contributed by atoms with Crippen molar-refractivity contribution in [2.24, 2.45) is 0 Å². The lowest BCUT2D eigenvalue weighted by atomic mass is 10.3. The maximum atomic E-state index is 12.4. The second-order valence-corrected chi connectivity index (χ2v) is 3.61. The number of hydrogen-bond donors (Lipinski definition) is 0. The maximum absolute atomic E-state index is 12.4. The number of alkyl halides is 3. The first kappa shape index (κ1) is 13.2. The Bertz CT molecular complexity index is 642. The average Bonchev–Trinajstić information content (AvgIpc) is 2.77.